The quantitative estimate of drug-likeness (QED) is 0.660. The largest absolute Gasteiger partial charge is 0.326 e. The molecule has 0 atom stereocenters. The van der Waals surface area contributed by atoms with Gasteiger partial charge in [-0.15, -0.1) is 0 Å². The van der Waals surface area contributed by atoms with Crippen molar-refractivity contribution in [2.75, 3.05) is 10.6 Å². The predicted molar refractivity (Wildman–Crippen MR) is 103 cm³/mol. The molecule has 3 aromatic carbocycles. The summed E-state index contributed by atoms with van der Waals surface area (Å²) in [5, 5.41) is 5.69. The van der Waals surface area contributed by atoms with Crippen molar-refractivity contribution in [1.82, 2.24) is 0 Å². The van der Waals surface area contributed by atoms with Gasteiger partial charge in [-0.05, 0) is 42.0 Å². The second-order valence-electron chi connectivity index (χ2n) is 5.72. The SMILES string of the molecule is NCc1ccc(NC(=O)c2ccccc2)cc1NC(=O)c1ccccc1. The summed E-state index contributed by atoms with van der Waals surface area (Å²) >= 11 is 0. The average Bonchev–Trinajstić information content (AvgIpc) is 2.69. The summed E-state index contributed by atoms with van der Waals surface area (Å²) in [4.78, 5) is 24.7. The van der Waals surface area contributed by atoms with Crippen molar-refractivity contribution in [2.45, 2.75) is 6.54 Å². The second kappa shape index (κ2) is 8.09. The number of nitrogens with one attached hydrogen (secondary N) is 2. The number of nitrogens with two attached hydrogens (primary N) is 1. The summed E-state index contributed by atoms with van der Waals surface area (Å²) in [7, 11) is 0. The summed E-state index contributed by atoms with van der Waals surface area (Å²) in [5.74, 6) is -0.446. The predicted octanol–water partition coefficient (Wildman–Crippen LogP) is 3.65. The first-order valence-corrected chi connectivity index (χ1v) is 8.23. The molecule has 4 N–H and O–H groups in total. The Balaban J connectivity index is 1.80. The molecule has 2 amide bonds. The van der Waals surface area contributed by atoms with Crippen LogP contribution in [0.3, 0.4) is 0 Å². The fourth-order valence-corrected chi connectivity index (χ4v) is 2.53. The molecular formula is C21H19N3O2. The van der Waals surface area contributed by atoms with Crippen molar-refractivity contribution in [3.8, 4) is 0 Å². The molecule has 26 heavy (non-hydrogen) atoms. The highest BCUT2D eigenvalue weighted by molar-refractivity contribution is 6.06. The Hall–Kier alpha value is -3.44. The number of carbonyl (C=O) groups excluding carboxylic acids is 2. The first-order chi connectivity index (χ1) is 12.7. The van der Waals surface area contributed by atoms with Gasteiger partial charge in [-0.3, -0.25) is 9.59 Å². The van der Waals surface area contributed by atoms with Crippen molar-refractivity contribution in [3.63, 3.8) is 0 Å². The van der Waals surface area contributed by atoms with E-state index in [9.17, 15) is 9.59 Å². The maximum atomic E-state index is 12.4. The topological polar surface area (TPSA) is 84.2 Å². The molecule has 0 saturated heterocycles. The van der Waals surface area contributed by atoms with Crippen molar-refractivity contribution in [1.29, 1.82) is 0 Å². The lowest BCUT2D eigenvalue weighted by Crippen LogP contribution is -2.16. The van der Waals surface area contributed by atoms with Crippen LogP contribution in [0.2, 0.25) is 0 Å². The van der Waals surface area contributed by atoms with Gasteiger partial charge in [-0.2, -0.15) is 0 Å². The molecule has 0 fully saturated rings. The van der Waals surface area contributed by atoms with Crippen LogP contribution in [-0.2, 0) is 6.54 Å². The van der Waals surface area contributed by atoms with Gasteiger partial charge in [0, 0.05) is 29.0 Å². The lowest BCUT2D eigenvalue weighted by molar-refractivity contribution is 0.101. The van der Waals surface area contributed by atoms with Gasteiger partial charge in [0.2, 0.25) is 0 Å². The number of rotatable bonds is 5. The van der Waals surface area contributed by atoms with Crippen LogP contribution in [0.1, 0.15) is 26.3 Å². The molecule has 0 unspecified atom stereocenters. The van der Waals surface area contributed by atoms with Crippen molar-refractivity contribution < 1.29 is 9.59 Å². The summed E-state index contributed by atoms with van der Waals surface area (Å²) in [5.41, 5.74) is 8.82. The van der Waals surface area contributed by atoms with Crippen LogP contribution in [0.15, 0.2) is 78.9 Å². The Labute approximate surface area is 151 Å². The van der Waals surface area contributed by atoms with Crippen molar-refractivity contribution in [3.05, 3.63) is 95.6 Å². The zero-order valence-electron chi connectivity index (χ0n) is 14.1. The average molecular weight is 345 g/mol. The highest BCUT2D eigenvalue weighted by atomic mass is 16.2. The first-order valence-electron chi connectivity index (χ1n) is 8.23. The summed E-state index contributed by atoms with van der Waals surface area (Å²) in [6.07, 6.45) is 0. The number of benzene rings is 3. The molecular weight excluding hydrogens is 326 g/mol. The Morgan fingerprint density at radius 3 is 1.81 bits per heavy atom. The van der Waals surface area contributed by atoms with Gasteiger partial charge in [0.1, 0.15) is 0 Å². The molecule has 3 rings (SSSR count). The summed E-state index contributed by atoms with van der Waals surface area (Å²) in [6, 6.07) is 23.1. The Morgan fingerprint density at radius 2 is 1.27 bits per heavy atom. The number of hydrogen-bond donors (Lipinski definition) is 3. The fourth-order valence-electron chi connectivity index (χ4n) is 2.53. The van der Waals surface area contributed by atoms with Crippen LogP contribution in [0.5, 0.6) is 0 Å². The monoisotopic (exact) mass is 345 g/mol. The minimum atomic E-state index is -0.230. The standard InChI is InChI=1S/C21H19N3O2/c22-14-17-11-12-18(23-20(25)15-7-3-1-4-8-15)13-19(17)24-21(26)16-9-5-2-6-10-16/h1-13H,14,22H2,(H,23,25)(H,24,26). The van der Waals surface area contributed by atoms with Crippen LogP contribution >= 0.6 is 0 Å². The first kappa shape index (κ1) is 17.4. The van der Waals surface area contributed by atoms with Crippen LogP contribution in [0.4, 0.5) is 11.4 Å². The van der Waals surface area contributed by atoms with E-state index in [4.69, 9.17) is 5.73 Å². The van der Waals surface area contributed by atoms with E-state index < -0.39 is 0 Å². The van der Waals surface area contributed by atoms with Gasteiger partial charge in [-0.1, -0.05) is 42.5 Å². The molecule has 0 spiro atoms. The van der Waals surface area contributed by atoms with Gasteiger partial charge in [0.15, 0.2) is 0 Å². The smallest absolute Gasteiger partial charge is 0.255 e. The lowest BCUT2D eigenvalue weighted by atomic mass is 10.1. The third-order valence-electron chi connectivity index (χ3n) is 3.91. The van der Waals surface area contributed by atoms with Crippen LogP contribution in [0.25, 0.3) is 0 Å². The molecule has 0 aromatic heterocycles. The van der Waals surface area contributed by atoms with Gasteiger partial charge < -0.3 is 16.4 Å². The zero-order valence-corrected chi connectivity index (χ0v) is 14.1. The molecule has 0 saturated carbocycles. The Bertz CT molecular complexity index is 909. The third kappa shape index (κ3) is 4.15. The maximum Gasteiger partial charge on any atom is 0.255 e. The number of hydrogen-bond acceptors (Lipinski definition) is 3. The van der Waals surface area contributed by atoms with Crippen LogP contribution in [0, 0.1) is 0 Å². The normalized spacial score (nSPS) is 10.2. The molecule has 0 heterocycles. The number of amides is 2. The van der Waals surface area contributed by atoms with E-state index in [0.29, 0.717) is 22.5 Å². The van der Waals surface area contributed by atoms with Gasteiger partial charge in [0.05, 0.1) is 0 Å². The van der Waals surface area contributed by atoms with Crippen molar-refractivity contribution in [2.24, 2.45) is 5.73 Å². The lowest BCUT2D eigenvalue weighted by Gasteiger charge is -2.13. The minimum absolute atomic E-state index is 0.216. The molecule has 130 valence electrons. The van der Waals surface area contributed by atoms with Gasteiger partial charge >= 0.3 is 0 Å². The molecule has 0 bridgehead atoms. The van der Waals surface area contributed by atoms with E-state index in [1.165, 1.54) is 0 Å². The molecule has 0 radical (unpaired) electrons. The van der Waals surface area contributed by atoms with Gasteiger partial charge in [0.25, 0.3) is 11.8 Å². The highest BCUT2D eigenvalue weighted by Gasteiger charge is 2.11. The summed E-state index contributed by atoms with van der Waals surface area (Å²) < 4.78 is 0. The maximum absolute atomic E-state index is 12.4. The van der Waals surface area contributed by atoms with E-state index in [0.717, 1.165) is 5.56 Å². The summed E-state index contributed by atoms with van der Waals surface area (Å²) in [6.45, 7) is 0.275. The van der Waals surface area contributed by atoms with E-state index in [-0.39, 0.29) is 18.4 Å². The highest BCUT2D eigenvalue weighted by Crippen LogP contribution is 2.22. The Morgan fingerprint density at radius 1 is 0.731 bits per heavy atom. The van der Waals surface area contributed by atoms with E-state index in [1.54, 1.807) is 66.7 Å². The molecule has 5 nitrogen and oxygen atoms in total. The molecule has 0 aliphatic carbocycles. The molecule has 5 heteroatoms. The van der Waals surface area contributed by atoms with Crippen molar-refractivity contribution >= 4 is 23.2 Å². The second-order valence-corrected chi connectivity index (χ2v) is 5.72. The van der Waals surface area contributed by atoms with E-state index in [1.807, 2.05) is 12.1 Å². The molecule has 0 aliphatic rings. The van der Waals surface area contributed by atoms with E-state index in [2.05, 4.69) is 10.6 Å². The zero-order chi connectivity index (χ0) is 18.4. The minimum Gasteiger partial charge on any atom is -0.326 e. The fraction of sp³-hybridized carbons (Fsp3) is 0.0476. The Kier molecular flexibility index (Phi) is 5.41. The molecule has 3 aromatic rings. The molecule has 0 aliphatic heterocycles. The van der Waals surface area contributed by atoms with E-state index >= 15 is 0 Å². The third-order valence-corrected chi connectivity index (χ3v) is 3.91. The van der Waals surface area contributed by atoms with Gasteiger partial charge in [-0.25, -0.2) is 0 Å². The number of anilines is 2. The van der Waals surface area contributed by atoms with Crippen LogP contribution in [-0.4, -0.2) is 11.8 Å². The number of carbonyl (C=O) groups is 2. The van der Waals surface area contributed by atoms with Crippen LogP contribution < -0.4 is 16.4 Å².